The summed E-state index contributed by atoms with van der Waals surface area (Å²) < 4.78 is 11.8. The Kier molecular flexibility index (Phi) is 5.03. The van der Waals surface area contributed by atoms with Gasteiger partial charge in [0.15, 0.2) is 0 Å². The number of hydrogen-bond acceptors (Lipinski definition) is 3. The van der Waals surface area contributed by atoms with Crippen LogP contribution in [0.3, 0.4) is 0 Å². The average molecular weight is 269 g/mol. The predicted molar refractivity (Wildman–Crippen MR) is 68.0 cm³/mol. The Morgan fingerprint density at radius 3 is 2.56 bits per heavy atom. The normalized spacial score (nSPS) is 13.7. The SMILES string of the molecule is CCS(=O)c1ccccc1C(=O)N[C@@H](C)C(=O)O. The second kappa shape index (κ2) is 6.30. The molecule has 1 amide bonds. The number of carboxylic acid groups (broad SMARTS) is 1. The molecule has 0 aliphatic heterocycles. The molecule has 0 saturated heterocycles. The minimum Gasteiger partial charge on any atom is -0.480 e. The summed E-state index contributed by atoms with van der Waals surface area (Å²) in [6.07, 6.45) is 0. The van der Waals surface area contributed by atoms with Crippen molar-refractivity contribution in [1.82, 2.24) is 5.32 Å². The Labute approximate surface area is 108 Å². The molecular weight excluding hydrogens is 254 g/mol. The molecule has 2 atom stereocenters. The van der Waals surface area contributed by atoms with Crippen LogP contribution in [0.1, 0.15) is 24.2 Å². The third-order valence-corrected chi connectivity index (χ3v) is 3.73. The highest BCUT2D eigenvalue weighted by Crippen LogP contribution is 2.13. The summed E-state index contributed by atoms with van der Waals surface area (Å²) in [5, 5.41) is 11.1. The van der Waals surface area contributed by atoms with Crippen LogP contribution in [-0.2, 0) is 15.6 Å². The fraction of sp³-hybridized carbons (Fsp3) is 0.333. The van der Waals surface area contributed by atoms with Gasteiger partial charge < -0.3 is 10.4 Å². The largest absolute Gasteiger partial charge is 0.480 e. The molecule has 0 spiro atoms. The number of amides is 1. The first-order chi connectivity index (χ1) is 8.47. The molecule has 1 rings (SSSR count). The lowest BCUT2D eigenvalue weighted by Crippen LogP contribution is -2.38. The first-order valence-corrected chi connectivity index (χ1v) is 6.80. The van der Waals surface area contributed by atoms with Crippen LogP contribution in [0.4, 0.5) is 0 Å². The number of carbonyl (C=O) groups is 2. The van der Waals surface area contributed by atoms with Gasteiger partial charge in [0.05, 0.1) is 21.3 Å². The number of benzene rings is 1. The van der Waals surface area contributed by atoms with Crippen molar-refractivity contribution < 1.29 is 18.9 Å². The average Bonchev–Trinajstić information content (AvgIpc) is 2.37. The lowest BCUT2D eigenvalue weighted by Gasteiger charge is -2.11. The number of aliphatic carboxylic acids is 1. The maximum atomic E-state index is 11.9. The van der Waals surface area contributed by atoms with Crippen LogP contribution in [0.25, 0.3) is 0 Å². The van der Waals surface area contributed by atoms with Gasteiger partial charge in [-0.2, -0.15) is 0 Å². The summed E-state index contributed by atoms with van der Waals surface area (Å²) in [6, 6.07) is 5.50. The third kappa shape index (κ3) is 3.40. The van der Waals surface area contributed by atoms with Gasteiger partial charge >= 0.3 is 5.97 Å². The summed E-state index contributed by atoms with van der Waals surface area (Å²) in [7, 11) is -1.26. The minimum atomic E-state index is -1.26. The molecule has 0 fully saturated rings. The molecule has 0 aliphatic carbocycles. The highest BCUT2D eigenvalue weighted by Gasteiger charge is 2.19. The zero-order valence-corrected chi connectivity index (χ0v) is 11.0. The lowest BCUT2D eigenvalue weighted by molar-refractivity contribution is -0.138. The third-order valence-electron chi connectivity index (χ3n) is 2.36. The maximum Gasteiger partial charge on any atom is 0.325 e. The monoisotopic (exact) mass is 269 g/mol. The summed E-state index contributed by atoms with van der Waals surface area (Å²) in [5.74, 6) is -1.24. The first kappa shape index (κ1) is 14.4. The number of nitrogens with one attached hydrogen (secondary N) is 1. The van der Waals surface area contributed by atoms with E-state index in [0.717, 1.165) is 0 Å². The van der Waals surface area contributed by atoms with Crippen molar-refractivity contribution in [2.24, 2.45) is 0 Å². The van der Waals surface area contributed by atoms with Crippen LogP contribution in [0.15, 0.2) is 29.2 Å². The molecule has 5 nitrogen and oxygen atoms in total. The molecule has 0 saturated carbocycles. The molecule has 1 aromatic rings. The van der Waals surface area contributed by atoms with E-state index in [9.17, 15) is 13.8 Å². The molecule has 0 aromatic heterocycles. The van der Waals surface area contributed by atoms with Crippen molar-refractivity contribution in [2.75, 3.05) is 5.75 Å². The maximum absolute atomic E-state index is 11.9. The van der Waals surface area contributed by atoms with E-state index in [1.165, 1.54) is 13.0 Å². The van der Waals surface area contributed by atoms with Crippen LogP contribution in [0.2, 0.25) is 0 Å². The molecule has 1 unspecified atom stereocenters. The van der Waals surface area contributed by atoms with Gasteiger partial charge in [-0.1, -0.05) is 19.1 Å². The van der Waals surface area contributed by atoms with Gasteiger partial charge in [0.1, 0.15) is 6.04 Å². The Hall–Kier alpha value is -1.69. The van der Waals surface area contributed by atoms with E-state index in [4.69, 9.17) is 5.11 Å². The smallest absolute Gasteiger partial charge is 0.325 e. The standard InChI is InChI=1S/C12H15NO4S/c1-3-18(17)10-7-5-4-6-9(10)11(14)13-8(2)12(15)16/h4-8H,3H2,1-2H3,(H,13,14)(H,15,16)/t8-,18?/m0/s1. The quantitative estimate of drug-likeness (QED) is 0.836. The Morgan fingerprint density at radius 2 is 2.00 bits per heavy atom. The predicted octanol–water partition coefficient (Wildman–Crippen LogP) is 1.02. The van der Waals surface area contributed by atoms with Crippen molar-refractivity contribution >= 4 is 22.7 Å². The molecule has 18 heavy (non-hydrogen) atoms. The topological polar surface area (TPSA) is 83.5 Å². The molecule has 98 valence electrons. The van der Waals surface area contributed by atoms with Crippen molar-refractivity contribution in [3.63, 3.8) is 0 Å². The summed E-state index contributed by atoms with van der Waals surface area (Å²) >= 11 is 0. The Bertz CT molecular complexity index is 487. The van der Waals surface area contributed by atoms with Crippen LogP contribution in [0.5, 0.6) is 0 Å². The van der Waals surface area contributed by atoms with Gasteiger partial charge in [-0.3, -0.25) is 13.8 Å². The van der Waals surface area contributed by atoms with E-state index < -0.39 is 28.7 Å². The van der Waals surface area contributed by atoms with Gasteiger partial charge in [-0.15, -0.1) is 0 Å². The van der Waals surface area contributed by atoms with E-state index in [2.05, 4.69) is 5.32 Å². The van der Waals surface area contributed by atoms with E-state index in [1.54, 1.807) is 25.1 Å². The van der Waals surface area contributed by atoms with Gasteiger partial charge in [0.25, 0.3) is 5.91 Å². The molecule has 0 aliphatic rings. The van der Waals surface area contributed by atoms with Crippen LogP contribution >= 0.6 is 0 Å². The Balaban J connectivity index is 2.99. The van der Waals surface area contributed by atoms with Crippen LogP contribution < -0.4 is 5.32 Å². The second-order valence-electron chi connectivity index (χ2n) is 3.66. The zero-order valence-electron chi connectivity index (χ0n) is 10.2. The van der Waals surface area contributed by atoms with Gasteiger partial charge in [0, 0.05) is 5.75 Å². The molecule has 0 radical (unpaired) electrons. The highest BCUT2D eigenvalue weighted by atomic mass is 32.2. The summed E-state index contributed by atoms with van der Waals surface area (Å²) in [4.78, 5) is 23.0. The van der Waals surface area contributed by atoms with Crippen molar-refractivity contribution in [3.8, 4) is 0 Å². The fourth-order valence-corrected chi connectivity index (χ4v) is 2.29. The molecule has 1 aromatic carbocycles. The Morgan fingerprint density at radius 1 is 1.39 bits per heavy atom. The van der Waals surface area contributed by atoms with E-state index in [-0.39, 0.29) is 5.56 Å². The van der Waals surface area contributed by atoms with Gasteiger partial charge in [-0.05, 0) is 19.1 Å². The van der Waals surface area contributed by atoms with Crippen molar-refractivity contribution in [3.05, 3.63) is 29.8 Å². The highest BCUT2D eigenvalue weighted by molar-refractivity contribution is 7.85. The van der Waals surface area contributed by atoms with E-state index in [1.807, 2.05) is 0 Å². The lowest BCUT2D eigenvalue weighted by atomic mass is 10.2. The van der Waals surface area contributed by atoms with E-state index in [0.29, 0.717) is 10.6 Å². The number of hydrogen-bond donors (Lipinski definition) is 2. The second-order valence-corrected chi connectivity index (χ2v) is 5.37. The molecule has 0 heterocycles. The first-order valence-electron chi connectivity index (χ1n) is 5.48. The zero-order chi connectivity index (χ0) is 13.7. The summed E-state index contributed by atoms with van der Waals surface area (Å²) in [6.45, 7) is 3.13. The van der Waals surface area contributed by atoms with Gasteiger partial charge in [0.2, 0.25) is 0 Å². The van der Waals surface area contributed by atoms with E-state index >= 15 is 0 Å². The van der Waals surface area contributed by atoms with Crippen LogP contribution in [-0.4, -0.2) is 33.0 Å². The van der Waals surface area contributed by atoms with Crippen LogP contribution in [0, 0.1) is 0 Å². The van der Waals surface area contributed by atoms with Crippen molar-refractivity contribution in [1.29, 1.82) is 0 Å². The molecule has 6 heteroatoms. The number of carbonyl (C=O) groups excluding carboxylic acids is 1. The number of rotatable bonds is 5. The molecule has 2 N–H and O–H groups in total. The van der Waals surface area contributed by atoms with Gasteiger partial charge in [-0.25, -0.2) is 0 Å². The van der Waals surface area contributed by atoms with Crippen molar-refractivity contribution in [2.45, 2.75) is 24.8 Å². The minimum absolute atomic E-state index is 0.255. The molecule has 0 bridgehead atoms. The fourth-order valence-electron chi connectivity index (χ4n) is 1.34. The number of carboxylic acids is 1. The molecular formula is C12H15NO4S. The summed E-state index contributed by atoms with van der Waals surface area (Å²) in [5.41, 5.74) is 0.255.